The number of hydrogen-bond donors (Lipinski definition) is 2. The van der Waals surface area contributed by atoms with Gasteiger partial charge in [0.2, 0.25) is 0 Å². The van der Waals surface area contributed by atoms with E-state index >= 15 is 0 Å². The maximum Gasteiger partial charge on any atom is 0.251 e. The smallest absolute Gasteiger partial charge is 0.251 e. The van der Waals surface area contributed by atoms with E-state index in [1.54, 1.807) is 22.6 Å². The number of nitrogens with zero attached hydrogens (tertiary/aromatic N) is 5. The molecule has 1 fully saturated rings. The van der Waals surface area contributed by atoms with Gasteiger partial charge < -0.3 is 19.9 Å². The van der Waals surface area contributed by atoms with Crippen LogP contribution in [0, 0.1) is 11.8 Å². The monoisotopic (exact) mass is 631 g/mol. The number of thioether (sulfide) groups is 1. The molecular weight excluding hydrogens is 595 g/mol. The molecule has 0 bridgehead atoms. The van der Waals surface area contributed by atoms with Crippen LogP contribution in [0.1, 0.15) is 62.4 Å². The summed E-state index contributed by atoms with van der Waals surface area (Å²) in [7, 11) is 1.90. The fraction of sp³-hybridized carbons (Fsp3) is 0.278. The molecule has 2 aromatic carbocycles. The van der Waals surface area contributed by atoms with Crippen molar-refractivity contribution in [2.24, 2.45) is 7.05 Å². The Morgan fingerprint density at radius 3 is 2.48 bits per heavy atom. The number of likely N-dealkylation sites (tertiary alicyclic amines) is 1. The molecule has 3 aromatic heterocycles. The van der Waals surface area contributed by atoms with Crippen molar-refractivity contribution in [1.82, 2.24) is 34.7 Å². The minimum atomic E-state index is -0.178. The minimum Gasteiger partial charge on any atom is -0.351 e. The van der Waals surface area contributed by atoms with Crippen LogP contribution < -0.4 is 10.6 Å². The molecule has 5 aromatic rings. The maximum absolute atomic E-state index is 13.2. The number of amides is 2. The van der Waals surface area contributed by atoms with Crippen LogP contribution in [0.3, 0.4) is 0 Å². The molecule has 0 spiro atoms. The van der Waals surface area contributed by atoms with Gasteiger partial charge in [0.05, 0.1) is 5.69 Å². The van der Waals surface area contributed by atoms with Crippen molar-refractivity contribution >= 4 is 29.2 Å². The number of fused-ring (bicyclic) bond motifs is 1. The van der Waals surface area contributed by atoms with E-state index < -0.39 is 0 Å². The Morgan fingerprint density at radius 2 is 1.67 bits per heavy atom. The van der Waals surface area contributed by atoms with Crippen LogP contribution in [-0.4, -0.2) is 62.1 Å². The molecule has 2 N–H and O–H groups in total. The molecule has 0 atom stereocenters. The van der Waals surface area contributed by atoms with E-state index in [-0.39, 0.29) is 11.8 Å². The second-order valence-electron chi connectivity index (χ2n) is 11.4. The van der Waals surface area contributed by atoms with Gasteiger partial charge in [0.25, 0.3) is 11.8 Å². The molecule has 0 unspecified atom stereocenters. The lowest BCUT2D eigenvalue weighted by atomic mass is 10.1. The van der Waals surface area contributed by atoms with E-state index in [1.165, 1.54) is 19.3 Å². The lowest BCUT2D eigenvalue weighted by Crippen LogP contribution is -2.37. The molecule has 0 radical (unpaired) electrons. The average Bonchev–Trinajstić information content (AvgIpc) is 3.74. The predicted molar refractivity (Wildman–Crippen MR) is 181 cm³/mol. The molecule has 0 saturated carbocycles. The van der Waals surface area contributed by atoms with Crippen molar-refractivity contribution in [2.75, 3.05) is 26.2 Å². The van der Waals surface area contributed by atoms with Crippen LogP contribution in [0.5, 0.6) is 0 Å². The van der Waals surface area contributed by atoms with Gasteiger partial charge in [0.1, 0.15) is 5.65 Å². The largest absolute Gasteiger partial charge is 0.351 e. The van der Waals surface area contributed by atoms with Crippen LogP contribution in [-0.2, 0) is 19.3 Å². The standard InChI is InChI=1S/C36H37N7O2S/c1-41-19-14-32(40-41)26-46-33-12-11-31(36(45)39-25-28-13-20-43-22-16-37-34(43)23-28)24-30(33)10-7-27-5-8-29(9-6-27)35(44)38-15-21-42-17-3-2-4-18-42/h5-6,8-9,11-14,16,19-20,22-24H,2-4,15,17-18,21,25-26H2,1H3,(H,38,44)(H,39,45). The highest BCUT2D eigenvalue weighted by atomic mass is 32.2. The Bertz CT molecular complexity index is 1880. The third-order valence-corrected chi connectivity index (χ3v) is 9.06. The molecule has 2 amide bonds. The quantitative estimate of drug-likeness (QED) is 0.168. The van der Waals surface area contributed by atoms with E-state index in [0.29, 0.717) is 30.0 Å². The fourth-order valence-corrected chi connectivity index (χ4v) is 6.28. The second kappa shape index (κ2) is 15.0. The summed E-state index contributed by atoms with van der Waals surface area (Å²) in [5.41, 5.74) is 5.45. The van der Waals surface area contributed by atoms with Crippen molar-refractivity contribution in [2.45, 2.75) is 36.5 Å². The lowest BCUT2D eigenvalue weighted by molar-refractivity contribution is 0.0940. The van der Waals surface area contributed by atoms with Gasteiger partial charge in [-0.3, -0.25) is 14.3 Å². The van der Waals surface area contributed by atoms with Crippen molar-refractivity contribution < 1.29 is 9.59 Å². The Kier molecular flexibility index (Phi) is 10.1. The van der Waals surface area contributed by atoms with E-state index in [9.17, 15) is 9.59 Å². The maximum atomic E-state index is 13.2. The molecule has 234 valence electrons. The number of nitrogens with one attached hydrogen (secondary N) is 2. The van der Waals surface area contributed by atoms with E-state index in [1.807, 2.05) is 90.7 Å². The zero-order valence-electron chi connectivity index (χ0n) is 25.9. The summed E-state index contributed by atoms with van der Waals surface area (Å²) in [6.07, 6.45) is 11.3. The van der Waals surface area contributed by atoms with Gasteiger partial charge in [-0.2, -0.15) is 5.10 Å². The van der Waals surface area contributed by atoms with Crippen molar-refractivity contribution in [1.29, 1.82) is 0 Å². The Hall–Kier alpha value is -4.85. The predicted octanol–water partition coefficient (Wildman–Crippen LogP) is 4.91. The molecule has 6 rings (SSSR count). The normalized spacial score (nSPS) is 13.2. The van der Waals surface area contributed by atoms with E-state index in [0.717, 1.165) is 52.6 Å². The molecule has 4 heterocycles. The van der Waals surface area contributed by atoms with E-state index in [2.05, 4.69) is 37.5 Å². The van der Waals surface area contributed by atoms with Crippen molar-refractivity contribution in [3.05, 3.63) is 119 Å². The molecule has 9 nitrogen and oxygen atoms in total. The first kappa shape index (κ1) is 31.1. The number of piperidine rings is 1. The number of carbonyl (C=O) groups is 2. The number of pyridine rings is 1. The van der Waals surface area contributed by atoms with Crippen LogP contribution >= 0.6 is 11.8 Å². The highest BCUT2D eigenvalue weighted by Gasteiger charge is 2.12. The second-order valence-corrected chi connectivity index (χ2v) is 12.4. The van der Waals surface area contributed by atoms with E-state index in [4.69, 9.17) is 0 Å². The fourth-order valence-electron chi connectivity index (χ4n) is 5.39. The summed E-state index contributed by atoms with van der Waals surface area (Å²) >= 11 is 1.63. The summed E-state index contributed by atoms with van der Waals surface area (Å²) in [5, 5.41) is 10.5. The molecule has 1 aliphatic heterocycles. The number of imidazole rings is 1. The zero-order valence-corrected chi connectivity index (χ0v) is 26.7. The van der Waals surface area contributed by atoms with Crippen molar-refractivity contribution in [3.63, 3.8) is 0 Å². The van der Waals surface area contributed by atoms with Gasteiger partial charge in [-0.05, 0) is 92.2 Å². The van der Waals surface area contributed by atoms with Crippen LogP contribution in [0.2, 0.25) is 0 Å². The summed E-state index contributed by atoms with van der Waals surface area (Å²) in [6.45, 7) is 4.14. The number of hydrogen-bond acceptors (Lipinski definition) is 6. The summed E-state index contributed by atoms with van der Waals surface area (Å²) in [5.74, 6) is 6.94. The van der Waals surface area contributed by atoms with Gasteiger partial charge in [0, 0.05) is 84.4 Å². The average molecular weight is 632 g/mol. The number of carbonyl (C=O) groups excluding carboxylic acids is 2. The molecule has 10 heteroatoms. The SMILES string of the molecule is Cn1ccc(CSc2ccc(C(=O)NCc3ccn4ccnc4c3)cc2C#Cc2ccc(C(=O)NCCN3CCCCC3)cc2)n1. The Morgan fingerprint density at radius 1 is 0.870 bits per heavy atom. The molecular formula is C36H37N7O2S. The number of aromatic nitrogens is 4. The Balaban J connectivity index is 1.13. The Labute approximate surface area is 273 Å². The first-order valence-electron chi connectivity index (χ1n) is 15.6. The number of benzene rings is 2. The van der Waals surface area contributed by atoms with Gasteiger partial charge in [0.15, 0.2) is 0 Å². The molecule has 1 saturated heterocycles. The van der Waals surface area contributed by atoms with Gasteiger partial charge in [-0.1, -0.05) is 18.3 Å². The summed E-state index contributed by atoms with van der Waals surface area (Å²) in [6, 6.07) is 18.9. The van der Waals surface area contributed by atoms with Gasteiger partial charge in [-0.15, -0.1) is 11.8 Å². The van der Waals surface area contributed by atoms with Crippen molar-refractivity contribution in [3.8, 4) is 11.8 Å². The molecule has 46 heavy (non-hydrogen) atoms. The van der Waals surface area contributed by atoms with Crippen LogP contribution in [0.15, 0.2) is 90.3 Å². The lowest BCUT2D eigenvalue weighted by Gasteiger charge is -2.26. The highest BCUT2D eigenvalue weighted by molar-refractivity contribution is 7.98. The third-order valence-electron chi connectivity index (χ3n) is 7.95. The molecule has 1 aliphatic rings. The molecule has 0 aliphatic carbocycles. The highest BCUT2D eigenvalue weighted by Crippen LogP contribution is 2.27. The first-order valence-corrected chi connectivity index (χ1v) is 16.6. The van der Waals surface area contributed by atoms with Gasteiger partial charge >= 0.3 is 0 Å². The first-order chi connectivity index (χ1) is 22.5. The minimum absolute atomic E-state index is 0.0758. The number of rotatable bonds is 10. The van der Waals surface area contributed by atoms with Crippen LogP contribution in [0.4, 0.5) is 0 Å². The summed E-state index contributed by atoms with van der Waals surface area (Å²) in [4.78, 5) is 33.6. The third kappa shape index (κ3) is 8.24. The number of aryl methyl sites for hydroxylation is 1. The van der Waals surface area contributed by atoms with Crippen LogP contribution in [0.25, 0.3) is 5.65 Å². The summed E-state index contributed by atoms with van der Waals surface area (Å²) < 4.78 is 3.71. The zero-order chi connectivity index (χ0) is 31.7. The topological polar surface area (TPSA) is 96.6 Å². The van der Waals surface area contributed by atoms with Gasteiger partial charge in [-0.25, -0.2) is 4.98 Å².